The molecule has 9 heteroatoms. The van der Waals surface area contributed by atoms with Crippen LogP contribution < -0.4 is 4.72 Å². The van der Waals surface area contributed by atoms with Gasteiger partial charge in [-0.05, 0) is 17.9 Å². The number of nitro groups is 1. The number of non-ortho nitro benzene ring substituents is 1. The summed E-state index contributed by atoms with van der Waals surface area (Å²) in [6.07, 6.45) is 0.669. The van der Waals surface area contributed by atoms with E-state index < -0.39 is 27.0 Å². The van der Waals surface area contributed by atoms with Gasteiger partial charge in [0.25, 0.3) is 5.69 Å². The van der Waals surface area contributed by atoms with E-state index in [1.165, 1.54) is 24.3 Å². The summed E-state index contributed by atoms with van der Waals surface area (Å²) in [6.45, 7) is 3.45. The summed E-state index contributed by atoms with van der Waals surface area (Å²) in [7, 11) is -3.77. The Bertz CT molecular complexity index is 656. The number of aliphatic carboxylic acids is 1. The average Bonchev–Trinajstić information content (AvgIpc) is 2.50. The molecule has 1 aromatic carbocycles. The number of nitrogens with zero attached hydrogens (tertiary/aromatic N) is 1. The number of rotatable bonds is 9. The normalized spacial score (nSPS) is 14.2. The lowest BCUT2D eigenvalue weighted by Gasteiger charge is -2.20. The molecule has 0 heterocycles. The van der Waals surface area contributed by atoms with Gasteiger partial charge in [-0.3, -0.25) is 14.9 Å². The van der Waals surface area contributed by atoms with Crippen LogP contribution in [-0.4, -0.2) is 36.2 Å². The number of carboxylic acid groups (broad SMARTS) is 1. The highest BCUT2D eigenvalue weighted by Gasteiger charge is 2.28. The van der Waals surface area contributed by atoms with E-state index in [-0.39, 0.29) is 23.8 Å². The predicted octanol–water partition coefficient (Wildman–Crippen LogP) is 1.56. The number of nitrogens with one attached hydrogen (secondary N) is 1. The molecule has 0 aliphatic rings. The van der Waals surface area contributed by atoms with E-state index in [1.54, 1.807) is 13.8 Å². The Morgan fingerprint density at radius 3 is 2.35 bits per heavy atom. The molecule has 0 aliphatic carbocycles. The molecule has 0 aromatic heterocycles. The van der Waals surface area contributed by atoms with Crippen molar-refractivity contribution in [1.29, 1.82) is 0 Å². The van der Waals surface area contributed by atoms with Crippen molar-refractivity contribution >= 4 is 21.7 Å². The zero-order valence-corrected chi connectivity index (χ0v) is 13.7. The van der Waals surface area contributed by atoms with Gasteiger partial charge in [0.1, 0.15) is 6.04 Å². The van der Waals surface area contributed by atoms with Crippen LogP contribution in [0.1, 0.15) is 25.8 Å². The van der Waals surface area contributed by atoms with Gasteiger partial charge in [0.05, 0.1) is 10.7 Å². The average molecular weight is 344 g/mol. The SMILES string of the molecule is CC[C@H](C)[C@H](NS(=O)(=O)CCc1ccc([N+](=O)[O-])cc1)C(=O)O. The number of benzene rings is 1. The predicted molar refractivity (Wildman–Crippen MR) is 84.6 cm³/mol. The van der Waals surface area contributed by atoms with Gasteiger partial charge in [0.15, 0.2) is 0 Å². The molecule has 0 unspecified atom stereocenters. The fraction of sp³-hybridized carbons (Fsp3) is 0.500. The number of nitro benzene ring substituents is 1. The lowest BCUT2D eigenvalue weighted by Crippen LogP contribution is -2.45. The first-order valence-corrected chi connectivity index (χ1v) is 8.77. The summed E-state index contributed by atoms with van der Waals surface area (Å²) in [6, 6.07) is 4.40. The number of sulfonamides is 1. The van der Waals surface area contributed by atoms with E-state index in [9.17, 15) is 23.3 Å². The summed E-state index contributed by atoms with van der Waals surface area (Å²) in [5.74, 6) is -1.83. The summed E-state index contributed by atoms with van der Waals surface area (Å²) in [4.78, 5) is 21.2. The summed E-state index contributed by atoms with van der Waals surface area (Å²) >= 11 is 0. The molecule has 0 radical (unpaired) electrons. The third-order valence-electron chi connectivity index (χ3n) is 3.59. The first kappa shape index (κ1) is 19.0. The zero-order valence-electron chi connectivity index (χ0n) is 12.9. The highest BCUT2D eigenvalue weighted by Crippen LogP contribution is 2.13. The summed E-state index contributed by atoms with van der Waals surface area (Å²) < 4.78 is 26.3. The van der Waals surface area contributed by atoms with Crippen molar-refractivity contribution in [3.8, 4) is 0 Å². The van der Waals surface area contributed by atoms with Crippen LogP contribution >= 0.6 is 0 Å². The summed E-state index contributed by atoms with van der Waals surface area (Å²) in [5.41, 5.74) is 0.550. The number of hydrogen-bond donors (Lipinski definition) is 2. The van der Waals surface area contributed by atoms with E-state index in [2.05, 4.69) is 4.72 Å². The number of aryl methyl sites for hydroxylation is 1. The minimum Gasteiger partial charge on any atom is -0.480 e. The van der Waals surface area contributed by atoms with Crippen LogP contribution in [-0.2, 0) is 21.2 Å². The van der Waals surface area contributed by atoms with Crippen molar-refractivity contribution < 1.29 is 23.2 Å². The topological polar surface area (TPSA) is 127 Å². The van der Waals surface area contributed by atoms with Gasteiger partial charge >= 0.3 is 5.97 Å². The quantitative estimate of drug-likeness (QED) is 0.517. The molecular weight excluding hydrogens is 324 g/mol. The molecule has 0 aliphatic heterocycles. The fourth-order valence-electron chi connectivity index (χ4n) is 1.93. The van der Waals surface area contributed by atoms with Crippen molar-refractivity contribution in [2.24, 2.45) is 5.92 Å². The molecule has 2 atom stereocenters. The van der Waals surface area contributed by atoms with Crippen LogP contribution in [0.15, 0.2) is 24.3 Å². The third kappa shape index (κ3) is 5.95. The van der Waals surface area contributed by atoms with E-state index in [0.29, 0.717) is 12.0 Å². The van der Waals surface area contributed by atoms with Crippen LogP contribution in [0.5, 0.6) is 0 Å². The number of hydrogen-bond acceptors (Lipinski definition) is 5. The molecule has 1 rings (SSSR count). The molecule has 8 nitrogen and oxygen atoms in total. The molecule has 0 saturated heterocycles. The van der Waals surface area contributed by atoms with Gasteiger partial charge in [0, 0.05) is 12.1 Å². The largest absolute Gasteiger partial charge is 0.480 e. The molecule has 0 saturated carbocycles. The molecule has 23 heavy (non-hydrogen) atoms. The maximum Gasteiger partial charge on any atom is 0.322 e. The Morgan fingerprint density at radius 2 is 1.91 bits per heavy atom. The third-order valence-corrected chi connectivity index (χ3v) is 4.95. The van der Waals surface area contributed by atoms with Crippen molar-refractivity contribution in [1.82, 2.24) is 4.72 Å². The maximum atomic E-state index is 12.0. The lowest BCUT2D eigenvalue weighted by molar-refractivity contribution is -0.384. The molecule has 0 fully saturated rings. The van der Waals surface area contributed by atoms with Gasteiger partial charge in [-0.15, -0.1) is 0 Å². The van der Waals surface area contributed by atoms with Gasteiger partial charge in [-0.1, -0.05) is 32.4 Å². The highest BCUT2D eigenvalue weighted by atomic mass is 32.2. The van der Waals surface area contributed by atoms with E-state index in [4.69, 9.17) is 5.11 Å². The minimum absolute atomic E-state index is 0.0718. The number of carboxylic acids is 1. The molecule has 0 bridgehead atoms. The molecule has 128 valence electrons. The monoisotopic (exact) mass is 344 g/mol. The van der Waals surface area contributed by atoms with Crippen LogP contribution in [0, 0.1) is 16.0 Å². The second-order valence-electron chi connectivity index (χ2n) is 5.31. The van der Waals surface area contributed by atoms with E-state index in [1.807, 2.05) is 0 Å². The molecule has 1 aromatic rings. The Labute approximate surface area is 134 Å². The molecule has 0 spiro atoms. The highest BCUT2D eigenvalue weighted by molar-refractivity contribution is 7.89. The second-order valence-corrected chi connectivity index (χ2v) is 7.19. The first-order chi connectivity index (χ1) is 10.7. The van der Waals surface area contributed by atoms with Crippen molar-refractivity contribution in [3.05, 3.63) is 39.9 Å². The Balaban J connectivity index is 2.71. The molecule has 0 amide bonds. The zero-order chi connectivity index (χ0) is 17.6. The molecule has 2 N–H and O–H groups in total. The van der Waals surface area contributed by atoms with Crippen LogP contribution in [0.2, 0.25) is 0 Å². The van der Waals surface area contributed by atoms with Crippen LogP contribution in [0.3, 0.4) is 0 Å². The van der Waals surface area contributed by atoms with Crippen molar-refractivity contribution in [2.45, 2.75) is 32.7 Å². The minimum atomic E-state index is -3.77. The van der Waals surface area contributed by atoms with Crippen LogP contribution in [0.25, 0.3) is 0 Å². The summed E-state index contributed by atoms with van der Waals surface area (Å²) in [5, 5.41) is 19.7. The second kappa shape index (κ2) is 8.02. The molecular formula is C14H20N2O6S. The van der Waals surface area contributed by atoms with E-state index in [0.717, 1.165) is 0 Å². The Morgan fingerprint density at radius 1 is 1.35 bits per heavy atom. The van der Waals surface area contributed by atoms with E-state index >= 15 is 0 Å². The lowest BCUT2D eigenvalue weighted by atomic mass is 10.0. The van der Waals surface area contributed by atoms with Gasteiger partial charge in [0.2, 0.25) is 10.0 Å². The first-order valence-electron chi connectivity index (χ1n) is 7.12. The van der Waals surface area contributed by atoms with Gasteiger partial charge in [-0.2, -0.15) is 0 Å². The number of carbonyl (C=O) groups is 1. The van der Waals surface area contributed by atoms with Crippen LogP contribution in [0.4, 0.5) is 5.69 Å². The standard InChI is InChI=1S/C14H20N2O6S/c1-3-10(2)13(14(17)18)15-23(21,22)9-8-11-4-6-12(7-5-11)16(19)20/h4-7,10,13,15H,3,8-9H2,1-2H3,(H,17,18)/t10-,13-/m0/s1. The fourth-order valence-corrected chi connectivity index (χ4v) is 3.28. The van der Waals surface area contributed by atoms with Gasteiger partial charge < -0.3 is 5.11 Å². The van der Waals surface area contributed by atoms with Gasteiger partial charge in [-0.25, -0.2) is 13.1 Å². The Hall–Kier alpha value is -2.00. The van der Waals surface area contributed by atoms with Crippen molar-refractivity contribution in [3.63, 3.8) is 0 Å². The van der Waals surface area contributed by atoms with Crippen molar-refractivity contribution in [2.75, 3.05) is 5.75 Å². The maximum absolute atomic E-state index is 12.0. The Kier molecular flexibility index (Phi) is 6.64. The smallest absolute Gasteiger partial charge is 0.322 e.